The number of aromatic nitrogens is 4. The maximum absolute atomic E-state index is 6.11. The highest BCUT2D eigenvalue weighted by atomic mass is 16.5. The van der Waals surface area contributed by atoms with Crippen molar-refractivity contribution < 1.29 is 4.74 Å². The maximum atomic E-state index is 6.11. The van der Waals surface area contributed by atoms with Crippen molar-refractivity contribution in [2.24, 2.45) is 0 Å². The zero-order chi connectivity index (χ0) is 17.2. The molecule has 0 saturated carbocycles. The fourth-order valence-corrected chi connectivity index (χ4v) is 2.79. The first-order valence-corrected chi connectivity index (χ1v) is 7.93. The van der Waals surface area contributed by atoms with Crippen LogP contribution in [-0.2, 0) is 6.42 Å². The van der Waals surface area contributed by atoms with E-state index in [0.717, 1.165) is 17.0 Å². The average molecular weight is 331 g/mol. The molecule has 0 atom stereocenters. The van der Waals surface area contributed by atoms with E-state index in [9.17, 15) is 0 Å². The van der Waals surface area contributed by atoms with Crippen LogP contribution in [0.3, 0.4) is 0 Å². The fourth-order valence-electron chi connectivity index (χ4n) is 2.79. The summed E-state index contributed by atoms with van der Waals surface area (Å²) in [6.45, 7) is 0. The van der Waals surface area contributed by atoms with Crippen molar-refractivity contribution in [1.29, 1.82) is 0 Å². The number of nitrogen functional groups attached to an aromatic ring is 1. The molecule has 6 nitrogen and oxygen atoms in total. The van der Waals surface area contributed by atoms with Gasteiger partial charge in [0.05, 0.1) is 13.3 Å². The van der Waals surface area contributed by atoms with Crippen LogP contribution >= 0.6 is 0 Å². The van der Waals surface area contributed by atoms with Gasteiger partial charge in [-0.3, -0.25) is 0 Å². The molecule has 0 fully saturated rings. The number of nitrogens with two attached hydrogens (primary N) is 1. The number of para-hydroxylation sites is 2. The molecule has 0 aliphatic carbocycles. The zero-order valence-electron chi connectivity index (χ0n) is 13.8. The van der Waals surface area contributed by atoms with Gasteiger partial charge in [-0.25, -0.2) is 14.6 Å². The van der Waals surface area contributed by atoms with Crippen LogP contribution in [0.1, 0.15) is 11.4 Å². The number of fused-ring (bicyclic) bond motifs is 1. The SMILES string of the molecule is COc1ccccc1-n1cc2nc(Cc3ccccc3)nc(N)c2n1. The number of nitrogens with zero attached hydrogens (tertiary/aromatic N) is 4. The summed E-state index contributed by atoms with van der Waals surface area (Å²) in [5.74, 6) is 1.78. The molecule has 0 saturated heterocycles. The van der Waals surface area contributed by atoms with Crippen LogP contribution in [0.2, 0.25) is 0 Å². The lowest BCUT2D eigenvalue weighted by Gasteiger charge is -2.06. The monoisotopic (exact) mass is 331 g/mol. The number of ether oxygens (including phenoxy) is 1. The van der Waals surface area contributed by atoms with E-state index in [0.29, 0.717) is 29.1 Å². The second-order valence-electron chi connectivity index (χ2n) is 5.67. The van der Waals surface area contributed by atoms with E-state index in [2.05, 4.69) is 15.1 Å². The predicted octanol–water partition coefficient (Wildman–Crippen LogP) is 3.00. The first-order chi connectivity index (χ1) is 12.2. The molecule has 0 unspecified atom stereocenters. The number of benzene rings is 2. The predicted molar refractivity (Wildman–Crippen MR) is 96.9 cm³/mol. The molecule has 2 aromatic carbocycles. The molecular formula is C19H17N5O. The minimum absolute atomic E-state index is 0.379. The van der Waals surface area contributed by atoms with Crippen molar-refractivity contribution in [2.75, 3.05) is 12.8 Å². The lowest BCUT2D eigenvalue weighted by molar-refractivity contribution is 0.412. The normalized spacial score (nSPS) is 10.9. The van der Waals surface area contributed by atoms with Crippen molar-refractivity contribution in [3.63, 3.8) is 0 Å². The van der Waals surface area contributed by atoms with Crippen molar-refractivity contribution in [1.82, 2.24) is 19.7 Å². The molecule has 6 heteroatoms. The molecule has 2 aromatic heterocycles. The molecule has 25 heavy (non-hydrogen) atoms. The van der Waals surface area contributed by atoms with Crippen LogP contribution in [0.15, 0.2) is 60.8 Å². The Morgan fingerprint density at radius 1 is 1.00 bits per heavy atom. The number of methoxy groups -OCH3 is 1. The summed E-state index contributed by atoms with van der Waals surface area (Å²) in [7, 11) is 1.63. The maximum Gasteiger partial charge on any atom is 0.155 e. The molecule has 0 amide bonds. The van der Waals surface area contributed by atoms with E-state index >= 15 is 0 Å². The van der Waals surface area contributed by atoms with E-state index in [4.69, 9.17) is 10.5 Å². The van der Waals surface area contributed by atoms with Crippen LogP contribution in [-0.4, -0.2) is 26.9 Å². The minimum atomic E-state index is 0.379. The molecule has 0 radical (unpaired) electrons. The molecule has 2 heterocycles. The lowest BCUT2D eigenvalue weighted by Crippen LogP contribution is -2.01. The van der Waals surface area contributed by atoms with Crippen molar-refractivity contribution >= 4 is 16.9 Å². The summed E-state index contributed by atoms with van der Waals surface area (Å²) in [6.07, 6.45) is 2.47. The summed E-state index contributed by atoms with van der Waals surface area (Å²) < 4.78 is 7.12. The van der Waals surface area contributed by atoms with Gasteiger partial charge in [-0.05, 0) is 17.7 Å². The average Bonchev–Trinajstić information content (AvgIpc) is 3.07. The molecule has 4 rings (SSSR count). The highest BCUT2D eigenvalue weighted by molar-refractivity contribution is 5.84. The van der Waals surface area contributed by atoms with E-state index in [1.807, 2.05) is 60.8 Å². The van der Waals surface area contributed by atoms with Crippen LogP contribution in [0.4, 0.5) is 5.82 Å². The van der Waals surface area contributed by atoms with Gasteiger partial charge in [-0.1, -0.05) is 42.5 Å². The summed E-state index contributed by atoms with van der Waals surface area (Å²) >= 11 is 0. The van der Waals surface area contributed by atoms with Gasteiger partial charge in [0.1, 0.15) is 22.8 Å². The molecule has 124 valence electrons. The van der Waals surface area contributed by atoms with E-state index in [-0.39, 0.29) is 0 Å². The molecule has 0 spiro atoms. The van der Waals surface area contributed by atoms with Crippen LogP contribution in [0.25, 0.3) is 16.7 Å². The van der Waals surface area contributed by atoms with Crippen LogP contribution in [0, 0.1) is 0 Å². The second kappa shape index (κ2) is 6.24. The quantitative estimate of drug-likeness (QED) is 0.622. The van der Waals surface area contributed by atoms with E-state index < -0.39 is 0 Å². The summed E-state index contributed by atoms with van der Waals surface area (Å²) in [6, 6.07) is 17.7. The van der Waals surface area contributed by atoms with Crippen LogP contribution < -0.4 is 10.5 Å². The third-order valence-electron chi connectivity index (χ3n) is 3.97. The first kappa shape index (κ1) is 15.1. The number of anilines is 1. The molecule has 0 aliphatic rings. The number of rotatable bonds is 4. The molecular weight excluding hydrogens is 314 g/mol. The lowest BCUT2D eigenvalue weighted by atomic mass is 10.1. The molecule has 0 aliphatic heterocycles. The van der Waals surface area contributed by atoms with E-state index in [1.165, 1.54) is 0 Å². The van der Waals surface area contributed by atoms with E-state index in [1.54, 1.807) is 11.8 Å². The smallest absolute Gasteiger partial charge is 0.155 e. The standard InChI is InChI=1S/C19H17N5O/c1-25-16-10-6-5-9-15(16)24-12-14-18(23-24)19(20)22-17(21-14)11-13-7-3-2-4-8-13/h2-10,12H,11H2,1H3,(H2,20,21,22). The van der Waals surface area contributed by atoms with Gasteiger partial charge in [-0.2, -0.15) is 5.10 Å². The van der Waals surface area contributed by atoms with Gasteiger partial charge in [0.2, 0.25) is 0 Å². The Balaban J connectivity index is 1.77. The van der Waals surface area contributed by atoms with Crippen molar-refractivity contribution in [2.45, 2.75) is 6.42 Å². The third kappa shape index (κ3) is 2.89. The van der Waals surface area contributed by atoms with Gasteiger partial charge < -0.3 is 10.5 Å². The topological polar surface area (TPSA) is 78.8 Å². The van der Waals surface area contributed by atoms with Gasteiger partial charge in [-0.15, -0.1) is 0 Å². The van der Waals surface area contributed by atoms with Crippen molar-refractivity contribution in [3.05, 3.63) is 72.2 Å². The van der Waals surface area contributed by atoms with Gasteiger partial charge in [0.25, 0.3) is 0 Å². The van der Waals surface area contributed by atoms with Crippen molar-refractivity contribution in [3.8, 4) is 11.4 Å². The summed E-state index contributed by atoms with van der Waals surface area (Å²) in [5, 5.41) is 4.53. The molecule has 2 N–H and O–H groups in total. The zero-order valence-corrected chi connectivity index (χ0v) is 13.8. The Bertz CT molecular complexity index is 1030. The van der Waals surface area contributed by atoms with Gasteiger partial charge in [0.15, 0.2) is 11.3 Å². The first-order valence-electron chi connectivity index (χ1n) is 7.93. The Hall–Kier alpha value is -3.41. The third-order valence-corrected chi connectivity index (χ3v) is 3.97. The van der Waals surface area contributed by atoms with Gasteiger partial charge in [0, 0.05) is 6.42 Å². The number of hydrogen-bond acceptors (Lipinski definition) is 5. The molecule has 0 bridgehead atoms. The Morgan fingerprint density at radius 2 is 1.76 bits per heavy atom. The number of hydrogen-bond donors (Lipinski definition) is 1. The van der Waals surface area contributed by atoms with Crippen LogP contribution in [0.5, 0.6) is 5.75 Å². The Morgan fingerprint density at radius 3 is 2.56 bits per heavy atom. The highest BCUT2D eigenvalue weighted by Gasteiger charge is 2.13. The highest BCUT2D eigenvalue weighted by Crippen LogP contribution is 2.25. The Labute approximate surface area is 144 Å². The fraction of sp³-hybridized carbons (Fsp3) is 0.105. The minimum Gasteiger partial charge on any atom is -0.494 e. The summed E-state index contributed by atoms with van der Waals surface area (Å²) in [5.41, 5.74) is 9.38. The molecule has 4 aromatic rings. The Kier molecular flexibility index (Phi) is 3.78. The largest absolute Gasteiger partial charge is 0.494 e. The summed E-state index contributed by atoms with van der Waals surface area (Å²) in [4.78, 5) is 9.02. The van der Waals surface area contributed by atoms with Gasteiger partial charge >= 0.3 is 0 Å². The second-order valence-corrected chi connectivity index (χ2v) is 5.67.